The zero-order chi connectivity index (χ0) is 17.7. The van der Waals surface area contributed by atoms with Gasteiger partial charge < -0.3 is 15.0 Å². The first-order valence-electron chi connectivity index (χ1n) is 7.46. The summed E-state index contributed by atoms with van der Waals surface area (Å²) < 4.78 is 5.18. The van der Waals surface area contributed by atoms with Crippen molar-refractivity contribution in [2.75, 3.05) is 27.7 Å². The third-order valence-corrected chi connectivity index (χ3v) is 4.50. The predicted molar refractivity (Wildman–Crippen MR) is 98.2 cm³/mol. The fraction of sp³-hybridized carbons (Fsp3) is 0.278. The number of hydrogen-bond donors (Lipinski definition) is 1. The Morgan fingerprint density at radius 3 is 2.33 bits per heavy atom. The number of carbonyl (C=O) groups is 1. The number of carbonyl (C=O) groups excluding carboxylic acids is 1. The van der Waals surface area contributed by atoms with Crippen molar-refractivity contribution >= 4 is 29.1 Å². The highest BCUT2D eigenvalue weighted by Gasteiger charge is 2.16. The maximum atomic E-state index is 12.3. The Labute approximate surface area is 152 Å². The Hall–Kier alpha value is -1.75. The van der Waals surface area contributed by atoms with Crippen LogP contribution < -0.4 is 10.1 Å². The largest absolute Gasteiger partial charge is 0.497 e. The van der Waals surface area contributed by atoms with E-state index in [1.807, 2.05) is 38.4 Å². The Bertz CT molecular complexity index is 703. The molecule has 1 unspecified atom stereocenters. The third-order valence-electron chi connectivity index (χ3n) is 3.76. The number of benzene rings is 2. The zero-order valence-corrected chi connectivity index (χ0v) is 15.4. The number of rotatable bonds is 6. The van der Waals surface area contributed by atoms with E-state index in [9.17, 15) is 4.79 Å². The minimum absolute atomic E-state index is 0.0441. The summed E-state index contributed by atoms with van der Waals surface area (Å²) in [6.07, 6.45) is 0. The number of ether oxygens (including phenoxy) is 1. The van der Waals surface area contributed by atoms with Gasteiger partial charge in [-0.25, -0.2) is 0 Å². The van der Waals surface area contributed by atoms with Crippen LogP contribution in [-0.2, 0) is 0 Å². The van der Waals surface area contributed by atoms with Crippen LogP contribution in [0.5, 0.6) is 5.75 Å². The van der Waals surface area contributed by atoms with E-state index in [1.165, 1.54) is 0 Å². The van der Waals surface area contributed by atoms with Gasteiger partial charge in [0, 0.05) is 12.1 Å². The summed E-state index contributed by atoms with van der Waals surface area (Å²) >= 11 is 11.8. The van der Waals surface area contributed by atoms with Crippen LogP contribution in [0.15, 0.2) is 42.5 Å². The van der Waals surface area contributed by atoms with Gasteiger partial charge in [0.2, 0.25) is 0 Å². The summed E-state index contributed by atoms with van der Waals surface area (Å²) in [7, 11) is 5.58. The van der Waals surface area contributed by atoms with E-state index < -0.39 is 0 Å². The lowest BCUT2D eigenvalue weighted by atomic mass is 10.1. The van der Waals surface area contributed by atoms with Crippen LogP contribution in [0.1, 0.15) is 22.0 Å². The number of likely N-dealkylation sites (N-methyl/N-ethyl adjacent to an activating group) is 1. The second kappa shape index (κ2) is 8.38. The first kappa shape index (κ1) is 18.6. The number of methoxy groups -OCH3 is 1. The second-order valence-corrected chi connectivity index (χ2v) is 6.41. The minimum Gasteiger partial charge on any atom is -0.497 e. The Morgan fingerprint density at radius 2 is 1.79 bits per heavy atom. The molecule has 128 valence electrons. The Kier molecular flexibility index (Phi) is 6.49. The molecule has 0 aliphatic heterocycles. The van der Waals surface area contributed by atoms with E-state index in [-0.39, 0.29) is 11.9 Å². The van der Waals surface area contributed by atoms with Crippen molar-refractivity contribution in [3.8, 4) is 5.75 Å². The molecule has 0 aliphatic carbocycles. The molecule has 0 spiro atoms. The Balaban J connectivity index is 2.07. The molecule has 1 atom stereocenters. The molecule has 0 radical (unpaired) electrons. The quantitative estimate of drug-likeness (QED) is 0.838. The molecule has 4 nitrogen and oxygen atoms in total. The molecular formula is C18H20Cl2N2O2. The monoisotopic (exact) mass is 366 g/mol. The minimum atomic E-state index is -0.186. The molecule has 1 N–H and O–H groups in total. The van der Waals surface area contributed by atoms with Crippen LogP contribution >= 0.6 is 23.2 Å². The van der Waals surface area contributed by atoms with Gasteiger partial charge in [0.05, 0.1) is 23.2 Å². The topological polar surface area (TPSA) is 41.6 Å². The molecule has 0 fully saturated rings. The van der Waals surface area contributed by atoms with Crippen molar-refractivity contribution in [2.45, 2.75) is 6.04 Å². The number of halogens is 2. The molecule has 0 bridgehead atoms. The van der Waals surface area contributed by atoms with Gasteiger partial charge in [0.25, 0.3) is 5.91 Å². The van der Waals surface area contributed by atoms with E-state index in [4.69, 9.17) is 27.9 Å². The van der Waals surface area contributed by atoms with Gasteiger partial charge in [-0.05, 0) is 50.0 Å². The smallest absolute Gasteiger partial charge is 0.251 e. The molecule has 24 heavy (non-hydrogen) atoms. The van der Waals surface area contributed by atoms with Crippen molar-refractivity contribution < 1.29 is 9.53 Å². The maximum absolute atomic E-state index is 12.3. The Morgan fingerprint density at radius 1 is 1.12 bits per heavy atom. The maximum Gasteiger partial charge on any atom is 0.251 e. The number of hydrogen-bond acceptors (Lipinski definition) is 3. The molecule has 0 aromatic heterocycles. The highest BCUT2D eigenvalue weighted by Crippen LogP contribution is 2.23. The molecular weight excluding hydrogens is 347 g/mol. The normalized spacial score (nSPS) is 12.1. The molecule has 0 saturated heterocycles. The molecule has 1 amide bonds. The molecule has 0 saturated carbocycles. The van der Waals surface area contributed by atoms with Gasteiger partial charge in [-0.1, -0.05) is 35.3 Å². The van der Waals surface area contributed by atoms with Gasteiger partial charge in [-0.15, -0.1) is 0 Å². The van der Waals surface area contributed by atoms with Crippen LogP contribution in [0.25, 0.3) is 0 Å². The standard InChI is InChI=1S/C18H20Cl2N2O2/c1-22(2)17(12-4-7-14(24-3)8-5-12)11-21-18(23)13-6-9-15(19)16(20)10-13/h4-10,17H,11H2,1-3H3,(H,21,23). The number of nitrogens with zero attached hydrogens (tertiary/aromatic N) is 1. The van der Waals surface area contributed by atoms with Gasteiger partial charge in [0.15, 0.2) is 0 Å². The van der Waals surface area contributed by atoms with Gasteiger partial charge in [0.1, 0.15) is 5.75 Å². The van der Waals surface area contributed by atoms with Crippen molar-refractivity contribution in [3.05, 3.63) is 63.6 Å². The summed E-state index contributed by atoms with van der Waals surface area (Å²) in [5.74, 6) is 0.616. The highest BCUT2D eigenvalue weighted by atomic mass is 35.5. The van der Waals surface area contributed by atoms with Crippen LogP contribution in [0.4, 0.5) is 0 Å². The second-order valence-electron chi connectivity index (χ2n) is 5.59. The molecule has 0 aliphatic rings. The number of nitrogens with one attached hydrogen (secondary N) is 1. The average Bonchev–Trinajstić information content (AvgIpc) is 2.57. The summed E-state index contributed by atoms with van der Waals surface area (Å²) in [4.78, 5) is 14.4. The van der Waals surface area contributed by atoms with E-state index in [0.717, 1.165) is 11.3 Å². The summed E-state index contributed by atoms with van der Waals surface area (Å²) in [5.41, 5.74) is 1.58. The number of amides is 1. The van der Waals surface area contributed by atoms with E-state index in [0.29, 0.717) is 22.2 Å². The first-order chi connectivity index (χ1) is 11.4. The molecule has 2 rings (SSSR count). The summed E-state index contributed by atoms with van der Waals surface area (Å²) in [5, 5.41) is 3.73. The average molecular weight is 367 g/mol. The zero-order valence-electron chi connectivity index (χ0n) is 13.8. The van der Waals surface area contributed by atoms with Crippen molar-refractivity contribution in [2.24, 2.45) is 0 Å². The van der Waals surface area contributed by atoms with Crippen molar-refractivity contribution in [3.63, 3.8) is 0 Å². The molecule has 6 heteroatoms. The lowest BCUT2D eigenvalue weighted by Crippen LogP contribution is -2.34. The first-order valence-corrected chi connectivity index (χ1v) is 8.21. The lowest BCUT2D eigenvalue weighted by molar-refractivity contribution is 0.0942. The fourth-order valence-electron chi connectivity index (χ4n) is 2.35. The molecule has 2 aromatic rings. The summed E-state index contributed by atoms with van der Waals surface area (Å²) in [6.45, 7) is 0.471. The van der Waals surface area contributed by atoms with Crippen LogP contribution in [-0.4, -0.2) is 38.6 Å². The van der Waals surface area contributed by atoms with Crippen LogP contribution in [0, 0.1) is 0 Å². The SMILES string of the molecule is COc1ccc(C(CNC(=O)c2ccc(Cl)c(Cl)c2)N(C)C)cc1. The fourth-order valence-corrected chi connectivity index (χ4v) is 2.65. The van der Waals surface area contributed by atoms with Gasteiger partial charge in [-0.2, -0.15) is 0 Å². The van der Waals surface area contributed by atoms with Gasteiger partial charge >= 0.3 is 0 Å². The van der Waals surface area contributed by atoms with Crippen LogP contribution in [0.3, 0.4) is 0 Å². The predicted octanol–water partition coefficient (Wildman–Crippen LogP) is 4.03. The van der Waals surface area contributed by atoms with Crippen LogP contribution in [0.2, 0.25) is 10.0 Å². The molecule has 0 heterocycles. The highest BCUT2D eigenvalue weighted by molar-refractivity contribution is 6.42. The van der Waals surface area contributed by atoms with E-state index in [1.54, 1.807) is 25.3 Å². The van der Waals surface area contributed by atoms with E-state index in [2.05, 4.69) is 10.2 Å². The molecule has 2 aromatic carbocycles. The lowest BCUT2D eigenvalue weighted by Gasteiger charge is -2.25. The van der Waals surface area contributed by atoms with Crippen molar-refractivity contribution in [1.29, 1.82) is 0 Å². The van der Waals surface area contributed by atoms with E-state index >= 15 is 0 Å². The summed E-state index contributed by atoms with van der Waals surface area (Å²) in [6, 6.07) is 12.7. The van der Waals surface area contributed by atoms with Gasteiger partial charge in [-0.3, -0.25) is 4.79 Å². The third kappa shape index (κ3) is 4.63. The van der Waals surface area contributed by atoms with Crippen molar-refractivity contribution in [1.82, 2.24) is 10.2 Å².